The van der Waals surface area contributed by atoms with Crippen LogP contribution in [0, 0.1) is 0 Å². The highest BCUT2D eigenvalue weighted by atomic mass is 16.2. The van der Waals surface area contributed by atoms with Crippen LogP contribution in [0.5, 0.6) is 0 Å². The summed E-state index contributed by atoms with van der Waals surface area (Å²) in [5.41, 5.74) is 1.13. The van der Waals surface area contributed by atoms with E-state index in [-0.39, 0.29) is 11.9 Å². The van der Waals surface area contributed by atoms with Gasteiger partial charge in [-0.1, -0.05) is 30.3 Å². The van der Waals surface area contributed by atoms with Crippen molar-refractivity contribution in [3.05, 3.63) is 66.0 Å². The van der Waals surface area contributed by atoms with Crippen LogP contribution in [0.3, 0.4) is 0 Å². The van der Waals surface area contributed by atoms with Gasteiger partial charge in [0.1, 0.15) is 11.9 Å². The van der Waals surface area contributed by atoms with E-state index in [2.05, 4.69) is 27.4 Å². The third-order valence-electron chi connectivity index (χ3n) is 4.58. The zero-order valence-corrected chi connectivity index (χ0v) is 14.1. The Kier molecular flexibility index (Phi) is 4.05. The largest absolute Gasteiger partial charge is 0.336 e. The summed E-state index contributed by atoms with van der Waals surface area (Å²) in [7, 11) is 1.82. The van der Waals surface area contributed by atoms with Gasteiger partial charge in [0, 0.05) is 38.8 Å². The zero-order valence-electron chi connectivity index (χ0n) is 14.1. The van der Waals surface area contributed by atoms with Crippen molar-refractivity contribution < 1.29 is 4.79 Å². The second-order valence-corrected chi connectivity index (χ2v) is 6.32. The number of hydrogen-bond acceptors (Lipinski definition) is 4. The Labute approximate surface area is 145 Å². The number of carbonyl (C=O) groups excluding carboxylic acids is 1. The molecule has 4 rings (SSSR count). The molecule has 25 heavy (non-hydrogen) atoms. The Bertz CT molecular complexity index is 855. The molecule has 3 aromatic rings. The first-order chi connectivity index (χ1) is 12.2. The van der Waals surface area contributed by atoms with Gasteiger partial charge >= 0.3 is 0 Å². The van der Waals surface area contributed by atoms with Gasteiger partial charge in [-0.25, -0.2) is 0 Å². The minimum atomic E-state index is -0.293. The van der Waals surface area contributed by atoms with Gasteiger partial charge in [-0.3, -0.25) is 9.48 Å². The molecule has 0 N–H and O–H groups in total. The summed E-state index contributed by atoms with van der Waals surface area (Å²) >= 11 is 0. The highest BCUT2D eigenvalue weighted by Crippen LogP contribution is 2.26. The van der Waals surface area contributed by atoms with Crippen molar-refractivity contribution in [3.8, 4) is 0 Å². The first-order valence-corrected chi connectivity index (χ1v) is 8.41. The Morgan fingerprint density at radius 3 is 2.76 bits per heavy atom. The summed E-state index contributed by atoms with van der Waals surface area (Å²) < 4.78 is 3.89. The third-order valence-corrected chi connectivity index (χ3v) is 4.58. The molecule has 0 radical (unpaired) electrons. The van der Waals surface area contributed by atoms with Crippen molar-refractivity contribution >= 4 is 5.91 Å². The lowest BCUT2D eigenvalue weighted by Crippen LogP contribution is -2.42. The van der Waals surface area contributed by atoms with Crippen LogP contribution >= 0.6 is 0 Å². The first-order valence-electron chi connectivity index (χ1n) is 8.41. The minimum Gasteiger partial charge on any atom is -0.336 e. The van der Waals surface area contributed by atoms with Crippen LogP contribution in [0.4, 0.5) is 0 Å². The molecule has 0 bridgehead atoms. The van der Waals surface area contributed by atoms with Crippen molar-refractivity contribution in [1.29, 1.82) is 0 Å². The van der Waals surface area contributed by atoms with E-state index in [0.29, 0.717) is 25.9 Å². The van der Waals surface area contributed by atoms with Crippen LogP contribution in [0.2, 0.25) is 0 Å². The van der Waals surface area contributed by atoms with Gasteiger partial charge in [-0.2, -0.15) is 5.10 Å². The average molecular weight is 336 g/mol. The van der Waals surface area contributed by atoms with E-state index in [1.165, 1.54) is 0 Å². The molecule has 1 amide bonds. The van der Waals surface area contributed by atoms with Gasteiger partial charge in [0.25, 0.3) is 0 Å². The SMILES string of the molecule is CN1Cc2nnc(CCn3cccn3)n2[C@H](Cc2ccccc2)C1=O. The number of nitrogens with zero attached hydrogens (tertiary/aromatic N) is 6. The quantitative estimate of drug-likeness (QED) is 0.708. The molecule has 1 atom stereocenters. The maximum atomic E-state index is 12.8. The van der Waals surface area contributed by atoms with Gasteiger partial charge in [0.05, 0.1) is 6.54 Å². The molecular weight excluding hydrogens is 316 g/mol. The molecule has 7 nitrogen and oxygen atoms in total. The van der Waals surface area contributed by atoms with Crippen LogP contribution in [0.15, 0.2) is 48.8 Å². The lowest BCUT2D eigenvalue weighted by atomic mass is 10.0. The van der Waals surface area contributed by atoms with Gasteiger partial charge < -0.3 is 9.47 Å². The number of aromatic nitrogens is 5. The first kappa shape index (κ1) is 15.6. The Balaban J connectivity index is 1.63. The summed E-state index contributed by atoms with van der Waals surface area (Å²) in [6.45, 7) is 1.21. The molecule has 0 unspecified atom stereocenters. The topological polar surface area (TPSA) is 68.8 Å². The fourth-order valence-corrected chi connectivity index (χ4v) is 3.32. The van der Waals surface area contributed by atoms with Gasteiger partial charge in [-0.15, -0.1) is 10.2 Å². The number of benzene rings is 1. The summed E-state index contributed by atoms with van der Waals surface area (Å²) in [6.07, 6.45) is 5.02. The summed E-state index contributed by atoms with van der Waals surface area (Å²) in [6, 6.07) is 11.7. The van der Waals surface area contributed by atoms with Crippen LogP contribution in [0.1, 0.15) is 23.3 Å². The Hall–Kier alpha value is -2.96. The molecule has 7 heteroatoms. The fraction of sp³-hybridized carbons (Fsp3) is 0.333. The number of rotatable bonds is 5. The molecule has 0 saturated heterocycles. The van der Waals surface area contributed by atoms with Gasteiger partial charge in [0.2, 0.25) is 5.91 Å². The predicted molar refractivity (Wildman–Crippen MR) is 91.6 cm³/mol. The molecule has 0 aliphatic carbocycles. The number of carbonyl (C=O) groups is 1. The van der Waals surface area contributed by atoms with Crippen LogP contribution in [0.25, 0.3) is 0 Å². The second-order valence-electron chi connectivity index (χ2n) is 6.32. The molecule has 0 spiro atoms. The third kappa shape index (κ3) is 3.05. The Morgan fingerprint density at radius 1 is 1.16 bits per heavy atom. The van der Waals surface area contributed by atoms with E-state index in [1.54, 1.807) is 11.1 Å². The monoisotopic (exact) mass is 336 g/mol. The molecule has 3 heterocycles. The number of fused-ring (bicyclic) bond motifs is 1. The molecule has 0 fully saturated rings. The maximum Gasteiger partial charge on any atom is 0.246 e. The number of hydrogen-bond donors (Lipinski definition) is 0. The fourth-order valence-electron chi connectivity index (χ4n) is 3.32. The van der Waals surface area contributed by atoms with Crippen molar-refractivity contribution in [1.82, 2.24) is 29.4 Å². The van der Waals surface area contributed by atoms with Crippen LogP contribution in [-0.2, 0) is 30.7 Å². The smallest absolute Gasteiger partial charge is 0.246 e. The van der Waals surface area contributed by atoms with E-state index in [0.717, 1.165) is 17.2 Å². The second kappa shape index (κ2) is 6.51. The zero-order chi connectivity index (χ0) is 17.2. The van der Waals surface area contributed by atoms with E-state index < -0.39 is 0 Å². The van der Waals surface area contributed by atoms with Crippen molar-refractivity contribution in [2.24, 2.45) is 0 Å². The number of aryl methyl sites for hydroxylation is 2. The molecule has 128 valence electrons. The molecule has 1 aromatic carbocycles. The lowest BCUT2D eigenvalue weighted by Gasteiger charge is -2.31. The molecule has 1 aliphatic heterocycles. The maximum absolute atomic E-state index is 12.8. The number of likely N-dealkylation sites (N-methyl/N-ethyl adjacent to an activating group) is 1. The van der Waals surface area contributed by atoms with Crippen molar-refractivity contribution in [2.45, 2.75) is 32.0 Å². The van der Waals surface area contributed by atoms with E-state index in [1.807, 2.05) is 46.8 Å². The van der Waals surface area contributed by atoms with E-state index in [9.17, 15) is 4.79 Å². The standard InChI is InChI=1S/C18H20N6O/c1-22-13-17-21-20-16(8-11-23-10-5-9-19-23)24(17)15(18(22)25)12-14-6-3-2-4-7-14/h2-7,9-10,15H,8,11-13H2,1H3/t15-/m1/s1. The van der Waals surface area contributed by atoms with E-state index in [4.69, 9.17) is 0 Å². The van der Waals surface area contributed by atoms with E-state index >= 15 is 0 Å². The Morgan fingerprint density at radius 2 is 2.00 bits per heavy atom. The van der Waals surface area contributed by atoms with Gasteiger partial charge in [-0.05, 0) is 11.6 Å². The minimum absolute atomic E-state index is 0.108. The normalized spacial score (nSPS) is 16.9. The van der Waals surface area contributed by atoms with Crippen LogP contribution in [-0.4, -0.2) is 42.4 Å². The lowest BCUT2D eigenvalue weighted by molar-refractivity contribution is -0.136. The van der Waals surface area contributed by atoms with Crippen molar-refractivity contribution in [2.75, 3.05) is 7.05 Å². The van der Waals surface area contributed by atoms with Crippen LogP contribution < -0.4 is 0 Å². The summed E-state index contributed by atoms with van der Waals surface area (Å²) in [4.78, 5) is 14.5. The number of amides is 1. The van der Waals surface area contributed by atoms with Crippen molar-refractivity contribution in [3.63, 3.8) is 0 Å². The highest BCUT2D eigenvalue weighted by Gasteiger charge is 2.34. The molecule has 0 saturated carbocycles. The summed E-state index contributed by atoms with van der Waals surface area (Å²) in [5, 5.41) is 12.9. The highest BCUT2D eigenvalue weighted by molar-refractivity contribution is 5.81. The molecular formula is C18H20N6O. The average Bonchev–Trinajstić information content (AvgIpc) is 3.27. The summed E-state index contributed by atoms with van der Waals surface area (Å²) in [5.74, 6) is 1.79. The molecule has 1 aliphatic rings. The van der Waals surface area contributed by atoms with Gasteiger partial charge in [0.15, 0.2) is 5.82 Å². The molecule has 2 aromatic heterocycles. The predicted octanol–water partition coefficient (Wildman–Crippen LogP) is 1.47.